The molecule has 0 bridgehead atoms. The van der Waals surface area contributed by atoms with Gasteiger partial charge in [0, 0.05) is 33.2 Å². The molecule has 4 nitrogen and oxygen atoms in total. The van der Waals surface area contributed by atoms with Crippen LogP contribution in [0.2, 0.25) is 0 Å². The van der Waals surface area contributed by atoms with Crippen LogP contribution in [0.3, 0.4) is 0 Å². The van der Waals surface area contributed by atoms with Crippen LogP contribution >= 0.6 is 0 Å². The Morgan fingerprint density at radius 3 is 1.51 bits per heavy atom. The molecule has 10 rings (SSSR count). The molecule has 0 atom stereocenters. The lowest BCUT2D eigenvalue weighted by atomic mass is 9.98. The van der Waals surface area contributed by atoms with Gasteiger partial charge in [0.05, 0.1) is 34.1 Å². The number of aromatic nitrogens is 3. The van der Waals surface area contributed by atoms with Crippen molar-refractivity contribution in [3.05, 3.63) is 212 Å². The second-order valence-electron chi connectivity index (χ2n) is 14.2. The Morgan fingerprint density at radius 1 is 0.351 bits per heavy atom. The summed E-state index contributed by atoms with van der Waals surface area (Å²) >= 11 is 0. The Labute approximate surface area is 331 Å². The van der Waals surface area contributed by atoms with Crippen LogP contribution in [-0.2, 0) is 0 Å². The second kappa shape index (κ2) is 14.4. The first-order valence-electron chi connectivity index (χ1n) is 19.0. The van der Waals surface area contributed by atoms with Crippen molar-refractivity contribution in [2.24, 2.45) is 0 Å². The molecular weight excluding hydrogens is 693 g/mol. The van der Waals surface area contributed by atoms with Gasteiger partial charge >= 0.3 is 0 Å². The summed E-state index contributed by atoms with van der Waals surface area (Å²) in [6.07, 6.45) is 0. The smallest absolute Gasteiger partial charge is 0.160 e. The van der Waals surface area contributed by atoms with Gasteiger partial charge in [0.1, 0.15) is 0 Å². The normalized spacial score (nSPS) is 11.1. The summed E-state index contributed by atoms with van der Waals surface area (Å²) in [5, 5.41) is 12.0. The average molecular weight is 727 g/mol. The number of nitrogens with zero attached hydrogens (tertiary/aromatic N) is 4. The van der Waals surface area contributed by atoms with Gasteiger partial charge in [0.15, 0.2) is 5.82 Å². The minimum Gasteiger partial charge on any atom is -0.309 e. The Kier molecular flexibility index (Phi) is 8.52. The zero-order valence-electron chi connectivity index (χ0n) is 30.9. The van der Waals surface area contributed by atoms with Gasteiger partial charge < -0.3 is 4.57 Å². The first-order chi connectivity index (χ1) is 28.2. The highest BCUT2D eigenvalue weighted by Crippen LogP contribution is 2.39. The molecule has 0 aliphatic heterocycles. The Morgan fingerprint density at radius 2 is 0.842 bits per heavy atom. The van der Waals surface area contributed by atoms with Crippen LogP contribution in [0, 0.1) is 11.3 Å². The summed E-state index contributed by atoms with van der Waals surface area (Å²) in [6.45, 7) is 0. The predicted octanol–water partition coefficient (Wildman–Crippen LogP) is 13.4. The first kappa shape index (κ1) is 33.7. The van der Waals surface area contributed by atoms with E-state index < -0.39 is 0 Å². The van der Waals surface area contributed by atoms with Crippen molar-refractivity contribution in [2.45, 2.75) is 0 Å². The molecule has 2 heterocycles. The standard InChI is InChI=1S/C53H34N4/c54-35-36-23-25-38(26-24-36)44-30-45(53-55-49(39-15-6-2-7-16-39)34-50(56-53)40-17-8-3-9-18-40)32-46(31-44)57-51-22-11-10-21-47(51)48-28-27-43(33-52(48)57)42-20-12-19-41(29-42)37-13-4-1-5-14-37/h1-34H. The van der Waals surface area contributed by atoms with E-state index in [1.54, 1.807) is 0 Å². The molecule has 0 amide bonds. The van der Waals surface area contributed by atoms with Gasteiger partial charge in [0.2, 0.25) is 0 Å². The largest absolute Gasteiger partial charge is 0.309 e. The highest BCUT2D eigenvalue weighted by Gasteiger charge is 2.18. The van der Waals surface area contributed by atoms with Crippen LogP contribution in [0.15, 0.2) is 206 Å². The molecule has 0 saturated heterocycles. The van der Waals surface area contributed by atoms with Gasteiger partial charge in [-0.3, -0.25) is 0 Å². The lowest BCUT2D eigenvalue weighted by molar-refractivity contribution is 1.16. The molecule has 57 heavy (non-hydrogen) atoms. The minimum atomic E-state index is 0.618. The van der Waals surface area contributed by atoms with Crippen LogP contribution in [0.1, 0.15) is 5.56 Å². The number of para-hydroxylation sites is 1. The van der Waals surface area contributed by atoms with Crippen molar-refractivity contribution < 1.29 is 0 Å². The molecule has 8 aromatic carbocycles. The van der Waals surface area contributed by atoms with Crippen molar-refractivity contribution in [1.82, 2.24) is 14.5 Å². The highest BCUT2D eigenvalue weighted by molar-refractivity contribution is 6.10. The van der Waals surface area contributed by atoms with Crippen LogP contribution in [-0.4, -0.2) is 14.5 Å². The van der Waals surface area contributed by atoms with E-state index in [4.69, 9.17) is 9.97 Å². The monoisotopic (exact) mass is 726 g/mol. The number of benzene rings is 8. The maximum atomic E-state index is 9.61. The molecule has 0 fully saturated rings. The van der Waals surface area contributed by atoms with E-state index in [2.05, 4.69) is 156 Å². The van der Waals surface area contributed by atoms with Gasteiger partial charge in [-0.05, 0) is 88.0 Å². The summed E-state index contributed by atoms with van der Waals surface area (Å²) in [5.41, 5.74) is 15.1. The highest BCUT2D eigenvalue weighted by atomic mass is 15.0. The number of hydrogen-bond acceptors (Lipinski definition) is 3. The quantitative estimate of drug-likeness (QED) is 0.164. The molecule has 0 aliphatic carbocycles. The minimum absolute atomic E-state index is 0.618. The fourth-order valence-corrected chi connectivity index (χ4v) is 7.80. The fourth-order valence-electron chi connectivity index (χ4n) is 7.80. The number of hydrogen-bond donors (Lipinski definition) is 0. The number of nitriles is 1. The van der Waals surface area contributed by atoms with Crippen molar-refractivity contribution in [3.63, 3.8) is 0 Å². The molecule has 4 heteroatoms. The summed E-state index contributed by atoms with van der Waals surface area (Å²) in [5.74, 6) is 0.631. The van der Waals surface area contributed by atoms with Gasteiger partial charge in [-0.15, -0.1) is 0 Å². The fraction of sp³-hybridized carbons (Fsp3) is 0. The van der Waals surface area contributed by atoms with E-state index >= 15 is 0 Å². The number of rotatable bonds is 7. The van der Waals surface area contributed by atoms with Gasteiger partial charge in [-0.2, -0.15) is 5.26 Å². The van der Waals surface area contributed by atoms with Crippen molar-refractivity contribution >= 4 is 21.8 Å². The molecule has 266 valence electrons. The predicted molar refractivity (Wildman–Crippen MR) is 234 cm³/mol. The maximum absolute atomic E-state index is 9.61. The third-order valence-electron chi connectivity index (χ3n) is 10.6. The summed E-state index contributed by atoms with van der Waals surface area (Å²) < 4.78 is 2.37. The molecule has 0 aliphatic rings. The third-order valence-corrected chi connectivity index (χ3v) is 10.6. The van der Waals surface area contributed by atoms with E-state index in [1.807, 2.05) is 60.7 Å². The van der Waals surface area contributed by atoms with Crippen molar-refractivity contribution in [3.8, 4) is 79.0 Å². The molecule has 0 radical (unpaired) electrons. The van der Waals surface area contributed by atoms with Crippen LogP contribution in [0.4, 0.5) is 0 Å². The Hall–Kier alpha value is -7.87. The molecule has 0 N–H and O–H groups in total. The number of fused-ring (bicyclic) bond motifs is 3. The Bertz CT molecular complexity index is 3050. The van der Waals surface area contributed by atoms with E-state index in [-0.39, 0.29) is 0 Å². The molecule has 0 spiro atoms. The zero-order chi connectivity index (χ0) is 38.1. The second-order valence-corrected chi connectivity index (χ2v) is 14.2. The van der Waals surface area contributed by atoms with Gasteiger partial charge in [-0.25, -0.2) is 9.97 Å². The van der Waals surface area contributed by atoms with Crippen molar-refractivity contribution in [2.75, 3.05) is 0 Å². The molecule has 2 aromatic heterocycles. The van der Waals surface area contributed by atoms with Gasteiger partial charge in [0.25, 0.3) is 0 Å². The SMILES string of the molecule is N#Cc1ccc(-c2cc(-c3nc(-c4ccccc4)cc(-c4ccccc4)n3)cc(-n3c4ccccc4c4ccc(-c5cccc(-c6ccccc6)c5)cc43)c2)cc1. The van der Waals surface area contributed by atoms with E-state index in [0.717, 1.165) is 67.1 Å². The first-order valence-corrected chi connectivity index (χ1v) is 19.0. The lowest BCUT2D eigenvalue weighted by Gasteiger charge is -2.15. The molecule has 10 aromatic rings. The summed E-state index contributed by atoms with van der Waals surface area (Å²) in [7, 11) is 0. The maximum Gasteiger partial charge on any atom is 0.160 e. The van der Waals surface area contributed by atoms with E-state index in [0.29, 0.717) is 11.4 Å². The van der Waals surface area contributed by atoms with E-state index in [1.165, 1.54) is 21.9 Å². The third kappa shape index (κ3) is 6.44. The zero-order valence-corrected chi connectivity index (χ0v) is 30.9. The average Bonchev–Trinajstić information content (AvgIpc) is 3.63. The molecule has 0 saturated carbocycles. The van der Waals surface area contributed by atoms with Crippen molar-refractivity contribution in [1.29, 1.82) is 5.26 Å². The van der Waals surface area contributed by atoms with Crippen LogP contribution in [0.25, 0.3) is 94.8 Å². The van der Waals surface area contributed by atoms with E-state index in [9.17, 15) is 5.26 Å². The van der Waals surface area contributed by atoms with Crippen LogP contribution in [0.5, 0.6) is 0 Å². The summed E-state index contributed by atoms with van der Waals surface area (Å²) in [6, 6.07) is 74.0. The summed E-state index contributed by atoms with van der Waals surface area (Å²) in [4.78, 5) is 10.5. The molecular formula is C53H34N4. The van der Waals surface area contributed by atoms with Gasteiger partial charge in [-0.1, -0.05) is 152 Å². The Balaban J connectivity index is 1.21. The van der Waals surface area contributed by atoms with Crippen LogP contribution < -0.4 is 0 Å². The lowest BCUT2D eigenvalue weighted by Crippen LogP contribution is -1.99. The molecule has 0 unspecified atom stereocenters. The topological polar surface area (TPSA) is 54.5 Å².